The summed E-state index contributed by atoms with van der Waals surface area (Å²) in [6, 6.07) is 0.416. The molecule has 2 heteroatoms. The van der Waals surface area contributed by atoms with Gasteiger partial charge in [0.05, 0.1) is 6.10 Å². The molecular weight excluding hydrogens is 210 g/mol. The Hall–Kier alpha value is -0.0800. The fourth-order valence-corrected chi connectivity index (χ4v) is 3.50. The van der Waals surface area contributed by atoms with Gasteiger partial charge in [0.1, 0.15) is 0 Å². The van der Waals surface area contributed by atoms with E-state index in [1.54, 1.807) is 0 Å². The van der Waals surface area contributed by atoms with Gasteiger partial charge in [-0.15, -0.1) is 0 Å². The van der Waals surface area contributed by atoms with E-state index in [2.05, 4.69) is 32.6 Å². The molecule has 2 nitrogen and oxygen atoms in total. The minimum absolute atomic E-state index is 0.118. The van der Waals surface area contributed by atoms with Gasteiger partial charge in [-0.2, -0.15) is 0 Å². The maximum atomic E-state index is 10.4. The van der Waals surface area contributed by atoms with E-state index in [-0.39, 0.29) is 11.5 Å². The van der Waals surface area contributed by atoms with Gasteiger partial charge < -0.3 is 5.11 Å². The molecule has 0 aromatic heterocycles. The fourth-order valence-electron chi connectivity index (χ4n) is 3.50. The number of aliphatic hydroxyl groups excluding tert-OH is 1. The second-order valence-corrected chi connectivity index (χ2v) is 7.59. The minimum Gasteiger partial charge on any atom is -0.391 e. The van der Waals surface area contributed by atoms with Crippen LogP contribution in [0.3, 0.4) is 0 Å². The van der Waals surface area contributed by atoms with Crippen molar-refractivity contribution in [2.45, 2.75) is 71.9 Å². The van der Waals surface area contributed by atoms with E-state index < -0.39 is 0 Å². The van der Waals surface area contributed by atoms with Crippen LogP contribution in [0.5, 0.6) is 0 Å². The first-order valence-corrected chi connectivity index (χ1v) is 7.24. The average molecular weight is 239 g/mol. The summed E-state index contributed by atoms with van der Waals surface area (Å²) in [7, 11) is 0. The first-order chi connectivity index (χ1) is 7.82. The lowest BCUT2D eigenvalue weighted by molar-refractivity contribution is 0.0149. The van der Waals surface area contributed by atoms with Crippen LogP contribution < -0.4 is 0 Å². The largest absolute Gasteiger partial charge is 0.391 e. The lowest BCUT2D eigenvalue weighted by Gasteiger charge is -2.33. The molecule has 17 heavy (non-hydrogen) atoms. The van der Waals surface area contributed by atoms with Gasteiger partial charge in [-0.1, -0.05) is 27.7 Å². The highest BCUT2D eigenvalue weighted by atomic mass is 16.3. The highest BCUT2D eigenvalue weighted by Gasteiger charge is 2.43. The summed E-state index contributed by atoms with van der Waals surface area (Å²) >= 11 is 0. The van der Waals surface area contributed by atoms with Crippen molar-refractivity contribution in [2.24, 2.45) is 10.8 Å². The second-order valence-electron chi connectivity index (χ2n) is 7.59. The van der Waals surface area contributed by atoms with Crippen LogP contribution in [0.2, 0.25) is 0 Å². The molecule has 2 aliphatic rings. The maximum absolute atomic E-state index is 10.4. The van der Waals surface area contributed by atoms with Gasteiger partial charge in [-0.05, 0) is 56.0 Å². The average Bonchev–Trinajstić information content (AvgIpc) is 2.40. The highest BCUT2D eigenvalue weighted by Crippen LogP contribution is 2.41. The fraction of sp³-hybridized carbons (Fsp3) is 1.00. The number of aliphatic hydroxyl groups is 1. The van der Waals surface area contributed by atoms with E-state index in [1.165, 1.54) is 45.2 Å². The number of hydrogen-bond donors (Lipinski definition) is 1. The number of nitrogens with zero attached hydrogens (tertiary/aromatic N) is 1. The summed E-state index contributed by atoms with van der Waals surface area (Å²) in [4.78, 5) is 2.56. The van der Waals surface area contributed by atoms with Crippen molar-refractivity contribution in [2.75, 3.05) is 13.1 Å². The Balaban J connectivity index is 1.99. The third-order valence-electron chi connectivity index (χ3n) is 5.09. The van der Waals surface area contributed by atoms with Gasteiger partial charge in [-0.25, -0.2) is 0 Å². The molecule has 0 radical (unpaired) electrons. The summed E-state index contributed by atoms with van der Waals surface area (Å²) in [5, 5.41) is 10.4. The van der Waals surface area contributed by atoms with E-state index in [0.29, 0.717) is 11.5 Å². The summed E-state index contributed by atoms with van der Waals surface area (Å²) in [5.41, 5.74) is 0.611. The van der Waals surface area contributed by atoms with Crippen LogP contribution in [0.4, 0.5) is 0 Å². The van der Waals surface area contributed by atoms with Crippen LogP contribution >= 0.6 is 0 Å². The molecule has 1 saturated carbocycles. The molecule has 1 aliphatic heterocycles. The molecule has 1 N–H and O–H groups in total. The van der Waals surface area contributed by atoms with E-state index in [1.807, 2.05) is 0 Å². The van der Waals surface area contributed by atoms with Crippen LogP contribution in [-0.4, -0.2) is 35.2 Å². The number of rotatable bonds is 1. The maximum Gasteiger partial charge on any atom is 0.0746 e. The smallest absolute Gasteiger partial charge is 0.0746 e. The summed E-state index contributed by atoms with van der Waals surface area (Å²) in [6.45, 7) is 11.5. The third kappa shape index (κ3) is 2.85. The Kier molecular flexibility index (Phi) is 3.57. The standard InChI is InChI=1S/C15H29NO/c1-14(2)7-5-10-16(11-9-14)12-6-8-15(3,4)13(12)17/h12-13,17H,5-11H2,1-4H3. The van der Waals surface area contributed by atoms with Gasteiger partial charge in [-0.3, -0.25) is 4.90 Å². The van der Waals surface area contributed by atoms with Gasteiger partial charge in [0.25, 0.3) is 0 Å². The highest BCUT2D eigenvalue weighted by molar-refractivity contribution is 4.97. The predicted octanol–water partition coefficient (Wildman–Crippen LogP) is 3.05. The molecule has 1 aliphatic carbocycles. The lowest BCUT2D eigenvalue weighted by atomic mass is 9.85. The minimum atomic E-state index is -0.135. The van der Waals surface area contributed by atoms with Crippen molar-refractivity contribution in [1.82, 2.24) is 4.90 Å². The molecule has 2 unspecified atom stereocenters. The zero-order valence-electron chi connectivity index (χ0n) is 12.0. The SMILES string of the molecule is CC1(C)CCCN(C2CCC(C)(C)C2O)CC1. The van der Waals surface area contributed by atoms with Crippen LogP contribution in [0.25, 0.3) is 0 Å². The molecule has 100 valence electrons. The summed E-state index contributed by atoms with van der Waals surface area (Å²) in [5.74, 6) is 0. The first-order valence-electron chi connectivity index (χ1n) is 7.24. The normalized spacial score (nSPS) is 37.9. The molecule has 0 aromatic rings. The van der Waals surface area contributed by atoms with Crippen molar-refractivity contribution in [3.05, 3.63) is 0 Å². The Morgan fingerprint density at radius 3 is 2.29 bits per heavy atom. The monoisotopic (exact) mass is 239 g/mol. The predicted molar refractivity (Wildman–Crippen MR) is 72.0 cm³/mol. The molecule has 2 atom stereocenters. The Labute approximate surface area is 106 Å². The Morgan fingerprint density at radius 2 is 1.71 bits per heavy atom. The molecule has 1 saturated heterocycles. The van der Waals surface area contributed by atoms with Crippen molar-refractivity contribution in [3.8, 4) is 0 Å². The van der Waals surface area contributed by atoms with E-state index in [9.17, 15) is 5.11 Å². The zero-order valence-corrected chi connectivity index (χ0v) is 12.0. The lowest BCUT2D eigenvalue weighted by Crippen LogP contribution is -2.44. The van der Waals surface area contributed by atoms with Crippen molar-refractivity contribution < 1.29 is 5.11 Å². The molecular formula is C15H29NO. The second kappa shape index (κ2) is 4.55. The first kappa shape index (κ1) is 13.4. The topological polar surface area (TPSA) is 23.5 Å². The third-order valence-corrected chi connectivity index (χ3v) is 5.09. The van der Waals surface area contributed by atoms with Crippen molar-refractivity contribution in [3.63, 3.8) is 0 Å². The van der Waals surface area contributed by atoms with Crippen LogP contribution in [0.15, 0.2) is 0 Å². The van der Waals surface area contributed by atoms with E-state index in [0.717, 1.165) is 0 Å². The summed E-state index contributed by atoms with van der Waals surface area (Å²) < 4.78 is 0. The molecule has 1 heterocycles. The Morgan fingerprint density at radius 1 is 1.00 bits per heavy atom. The van der Waals surface area contributed by atoms with Gasteiger partial charge >= 0.3 is 0 Å². The molecule has 2 rings (SSSR count). The molecule has 0 spiro atoms. The molecule has 0 amide bonds. The number of hydrogen-bond acceptors (Lipinski definition) is 2. The van der Waals surface area contributed by atoms with Crippen LogP contribution in [-0.2, 0) is 0 Å². The van der Waals surface area contributed by atoms with Gasteiger partial charge in [0.15, 0.2) is 0 Å². The molecule has 2 fully saturated rings. The van der Waals surface area contributed by atoms with Crippen LogP contribution in [0, 0.1) is 10.8 Å². The van der Waals surface area contributed by atoms with E-state index in [4.69, 9.17) is 0 Å². The van der Waals surface area contributed by atoms with Crippen molar-refractivity contribution >= 4 is 0 Å². The summed E-state index contributed by atoms with van der Waals surface area (Å²) in [6.07, 6.45) is 6.10. The van der Waals surface area contributed by atoms with E-state index >= 15 is 0 Å². The molecule has 0 bridgehead atoms. The van der Waals surface area contributed by atoms with Crippen LogP contribution in [0.1, 0.15) is 59.8 Å². The van der Waals surface area contributed by atoms with Crippen molar-refractivity contribution in [1.29, 1.82) is 0 Å². The molecule has 0 aromatic carbocycles. The van der Waals surface area contributed by atoms with Gasteiger partial charge in [0, 0.05) is 6.04 Å². The Bertz CT molecular complexity index is 272. The zero-order chi connectivity index (χ0) is 12.7. The number of likely N-dealkylation sites (tertiary alicyclic amines) is 1. The van der Waals surface area contributed by atoms with Gasteiger partial charge in [0.2, 0.25) is 0 Å². The quantitative estimate of drug-likeness (QED) is 0.760.